The fourth-order valence-electron chi connectivity index (χ4n) is 3.00. The van der Waals surface area contributed by atoms with Gasteiger partial charge >= 0.3 is 5.97 Å². The van der Waals surface area contributed by atoms with Crippen molar-refractivity contribution in [2.45, 2.75) is 45.1 Å². The lowest BCUT2D eigenvalue weighted by Crippen LogP contribution is -2.22. The Labute approximate surface area is 144 Å². The minimum absolute atomic E-state index is 0.114. The van der Waals surface area contributed by atoms with Crippen LogP contribution in [0.5, 0.6) is 0 Å². The van der Waals surface area contributed by atoms with Crippen molar-refractivity contribution >= 4 is 23.2 Å². The zero-order valence-corrected chi connectivity index (χ0v) is 14.4. The molecule has 3 rings (SSSR count). The number of carbonyl (C=O) groups excluding carboxylic acids is 1. The maximum absolute atomic E-state index is 12.4. The van der Waals surface area contributed by atoms with Crippen molar-refractivity contribution in [2.75, 3.05) is 0 Å². The van der Waals surface area contributed by atoms with Gasteiger partial charge in [0.05, 0.1) is 16.3 Å². The molecule has 1 heterocycles. The van der Waals surface area contributed by atoms with Gasteiger partial charge in [-0.3, -0.25) is 4.79 Å². The fourth-order valence-corrected chi connectivity index (χ4v) is 4.16. The molecule has 0 unspecified atom stereocenters. The number of carboxylic acids is 1. The molecule has 0 bridgehead atoms. The van der Waals surface area contributed by atoms with Gasteiger partial charge in [-0.25, -0.2) is 9.78 Å². The summed E-state index contributed by atoms with van der Waals surface area (Å²) < 4.78 is 0. The zero-order valence-electron chi connectivity index (χ0n) is 13.5. The molecule has 0 saturated heterocycles. The third-order valence-corrected chi connectivity index (χ3v) is 5.70. The first-order valence-corrected chi connectivity index (χ1v) is 8.94. The molecule has 0 spiro atoms. The minimum atomic E-state index is -0.953. The molecule has 126 valence electrons. The number of aromatic nitrogens is 1. The number of hydrogen-bond acceptors (Lipinski definition) is 4. The summed E-state index contributed by atoms with van der Waals surface area (Å²) in [6, 6.07) is 6.51. The lowest BCUT2D eigenvalue weighted by Gasteiger charge is -2.05. The monoisotopic (exact) mass is 344 g/mol. The number of carbonyl (C=O) groups is 2. The average molecular weight is 344 g/mol. The molecule has 1 aromatic carbocycles. The molecule has 5 nitrogen and oxygen atoms in total. The van der Waals surface area contributed by atoms with Gasteiger partial charge in [-0.05, 0) is 37.5 Å². The number of amides is 1. The van der Waals surface area contributed by atoms with E-state index in [0.29, 0.717) is 17.3 Å². The highest BCUT2D eigenvalue weighted by molar-refractivity contribution is 7.13. The number of thiazole rings is 1. The van der Waals surface area contributed by atoms with Crippen molar-refractivity contribution in [1.82, 2.24) is 10.3 Å². The number of hydrogen-bond donors (Lipinski definition) is 2. The smallest absolute Gasteiger partial charge is 0.335 e. The van der Waals surface area contributed by atoms with Crippen LogP contribution < -0.4 is 5.32 Å². The van der Waals surface area contributed by atoms with Crippen LogP contribution in [0, 0.1) is 6.92 Å². The predicted octanol–water partition coefficient (Wildman–Crippen LogP) is 3.74. The molecule has 24 heavy (non-hydrogen) atoms. The Kier molecular flexibility index (Phi) is 4.94. The number of nitrogens with zero attached hydrogens (tertiary/aromatic N) is 1. The van der Waals surface area contributed by atoms with E-state index in [1.807, 2.05) is 6.92 Å². The second-order valence-electron chi connectivity index (χ2n) is 6.13. The molecular weight excluding hydrogens is 324 g/mol. The minimum Gasteiger partial charge on any atom is -0.478 e. The van der Waals surface area contributed by atoms with Crippen LogP contribution in [-0.4, -0.2) is 22.0 Å². The normalized spacial score (nSPS) is 14.7. The Morgan fingerprint density at radius 3 is 2.54 bits per heavy atom. The van der Waals surface area contributed by atoms with E-state index >= 15 is 0 Å². The molecule has 1 aliphatic carbocycles. The van der Waals surface area contributed by atoms with E-state index < -0.39 is 5.97 Å². The molecule has 0 radical (unpaired) electrons. The number of benzene rings is 1. The Balaban J connectivity index is 1.63. The standard InChI is InChI=1S/C18H20N2O3S/c1-11-15(24-17(20-11)13-4-2-3-5-13)16(21)19-10-12-6-8-14(9-7-12)18(22)23/h6-9,13H,2-5,10H2,1H3,(H,19,21)(H,22,23). The molecule has 0 atom stereocenters. The maximum atomic E-state index is 12.4. The van der Waals surface area contributed by atoms with Gasteiger partial charge < -0.3 is 10.4 Å². The van der Waals surface area contributed by atoms with Crippen LogP contribution in [-0.2, 0) is 6.54 Å². The first-order chi connectivity index (χ1) is 11.5. The lowest BCUT2D eigenvalue weighted by atomic mass is 10.1. The van der Waals surface area contributed by atoms with Gasteiger partial charge in [-0.1, -0.05) is 25.0 Å². The number of aryl methyl sites for hydroxylation is 1. The Bertz CT molecular complexity index is 746. The van der Waals surface area contributed by atoms with Crippen LogP contribution in [0.2, 0.25) is 0 Å². The lowest BCUT2D eigenvalue weighted by molar-refractivity contribution is 0.0696. The van der Waals surface area contributed by atoms with Crippen LogP contribution in [0.3, 0.4) is 0 Å². The molecule has 2 N–H and O–H groups in total. The van der Waals surface area contributed by atoms with Crippen molar-refractivity contribution < 1.29 is 14.7 Å². The van der Waals surface area contributed by atoms with Gasteiger partial charge in [0.25, 0.3) is 5.91 Å². The number of carboxylic acid groups (broad SMARTS) is 1. The van der Waals surface area contributed by atoms with Crippen molar-refractivity contribution in [3.63, 3.8) is 0 Å². The topological polar surface area (TPSA) is 79.3 Å². The van der Waals surface area contributed by atoms with Crippen molar-refractivity contribution in [1.29, 1.82) is 0 Å². The van der Waals surface area contributed by atoms with Crippen LogP contribution in [0.4, 0.5) is 0 Å². The largest absolute Gasteiger partial charge is 0.478 e. The van der Waals surface area contributed by atoms with Crippen molar-refractivity contribution in [2.24, 2.45) is 0 Å². The molecular formula is C18H20N2O3S. The summed E-state index contributed by atoms with van der Waals surface area (Å²) in [5.41, 5.74) is 1.90. The summed E-state index contributed by atoms with van der Waals surface area (Å²) in [5.74, 6) is -0.555. The van der Waals surface area contributed by atoms with Crippen LogP contribution in [0.1, 0.15) is 67.9 Å². The number of nitrogens with one attached hydrogen (secondary N) is 1. The van der Waals surface area contributed by atoms with E-state index in [0.717, 1.165) is 16.3 Å². The van der Waals surface area contributed by atoms with Crippen LogP contribution in [0.15, 0.2) is 24.3 Å². The first kappa shape index (κ1) is 16.6. The fraction of sp³-hybridized carbons (Fsp3) is 0.389. The van der Waals surface area contributed by atoms with Crippen molar-refractivity contribution in [3.05, 3.63) is 51.0 Å². The van der Waals surface area contributed by atoms with Crippen LogP contribution >= 0.6 is 11.3 Å². The second-order valence-corrected chi connectivity index (χ2v) is 7.16. The Morgan fingerprint density at radius 2 is 1.92 bits per heavy atom. The molecule has 6 heteroatoms. The first-order valence-electron chi connectivity index (χ1n) is 8.12. The molecule has 1 amide bonds. The van der Waals surface area contributed by atoms with Gasteiger partial charge in [-0.15, -0.1) is 11.3 Å². The quantitative estimate of drug-likeness (QED) is 0.866. The van der Waals surface area contributed by atoms with Gasteiger partial charge in [0, 0.05) is 12.5 Å². The number of aromatic carboxylic acids is 1. The van der Waals surface area contributed by atoms with E-state index in [2.05, 4.69) is 10.3 Å². The van der Waals surface area contributed by atoms with Crippen LogP contribution in [0.25, 0.3) is 0 Å². The highest BCUT2D eigenvalue weighted by Crippen LogP contribution is 2.37. The van der Waals surface area contributed by atoms with E-state index in [1.165, 1.54) is 37.0 Å². The highest BCUT2D eigenvalue weighted by Gasteiger charge is 2.23. The molecule has 2 aromatic rings. The van der Waals surface area contributed by atoms with Crippen molar-refractivity contribution in [3.8, 4) is 0 Å². The average Bonchev–Trinajstić information content (AvgIpc) is 3.22. The summed E-state index contributed by atoms with van der Waals surface area (Å²) in [4.78, 5) is 28.5. The second kappa shape index (κ2) is 7.13. The third kappa shape index (κ3) is 3.64. The maximum Gasteiger partial charge on any atom is 0.335 e. The van der Waals surface area contributed by atoms with E-state index in [1.54, 1.807) is 24.3 Å². The Hall–Kier alpha value is -2.21. The van der Waals surface area contributed by atoms with Gasteiger partial charge in [0.1, 0.15) is 4.88 Å². The highest BCUT2D eigenvalue weighted by atomic mass is 32.1. The molecule has 0 aliphatic heterocycles. The molecule has 1 saturated carbocycles. The van der Waals surface area contributed by atoms with Gasteiger partial charge in [0.15, 0.2) is 0 Å². The van der Waals surface area contributed by atoms with E-state index in [9.17, 15) is 9.59 Å². The van der Waals surface area contributed by atoms with Gasteiger partial charge in [0.2, 0.25) is 0 Å². The summed E-state index contributed by atoms with van der Waals surface area (Å²) in [5, 5.41) is 12.9. The predicted molar refractivity (Wildman–Crippen MR) is 92.6 cm³/mol. The molecule has 1 fully saturated rings. The van der Waals surface area contributed by atoms with E-state index in [-0.39, 0.29) is 11.5 Å². The molecule has 1 aromatic heterocycles. The zero-order chi connectivity index (χ0) is 17.1. The third-order valence-electron chi connectivity index (χ3n) is 4.38. The SMILES string of the molecule is Cc1nc(C2CCCC2)sc1C(=O)NCc1ccc(C(=O)O)cc1. The van der Waals surface area contributed by atoms with E-state index in [4.69, 9.17) is 5.11 Å². The molecule has 1 aliphatic rings. The number of rotatable bonds is 5. The summed E-state index contributed by atoms with van der Waals surface area (Å²) >= 11 is 1.51. The summed E-state index contributed by atoms with van der Waals surface area (Å²) in [7, 11) is 0. The Morgan fingerprint density at radius 1 is 1.25 bits per heavy atom. The van der Waals surface area contributed by atoms with Gasteiger partial charge in [-0.2, -0.15) is 0 Å². The summed E-state index contributed by atoms with van der Waals surface area (Å²) in [6.45, 7) is 2.25. The summed E-state index contributed by atoms with van der Waals surface area (Å²) in [6.07, 6.45) is 4.84.